The largest absolute Gasteiger partial charge is 0.368 e. The number of benzene rings is 1. The standard InChI is InChI=1S/C14H20ClIN2/c1-3-14(2)10-18(8-4-7-17-14)13-9-11(16)5-6-12(13)15/h5-6,9,17H,3-4,7-8,10H2,1-2H3. The highest BCUT2D eigenvalue weighted by Gasteiger charge is 2.28. The molecule has 1 aromatic carbocycles. The number of hydrogen-bond donors (Lipinski definition) is 1. The van der Waals surface area contributed by atoms with Crippen LogP contribution in [0.1, 0.15) is 26.7 Å². The second kappa shape index (κ2) is 5.97. The van der Waals surface area contributed by atoms with E-state index in [0.29, 0.717) is 0 Å². The van der Waals surface area contributed by atoms with Crippen molar-refractivity contribution in [3.63, 3.8) is 0 Å². The average Bonchev–Trinajstić information content (AvgIpc) is 2.55. The number of hydrogen-bond acceptors (Lipinski definition) is 2. The average molecular weight is 379 g/mol. The summed E-state index contributed by atoms with van der Waals surface area (Å²) in [5.74, 6) is 0. The molecule has 2 nitrogen and oxygen atoms in total. The zero-order valence-electron chi connectivity index (χ0n) is 11.0. The molecule has 0 amide bonds. The molecule has 1 aliphatic heterocycles. The van der Waals surface area contributed by atoms with Gasteiger partial charge in [-0.15, -0.1) is 0 Å². The number of halogens is 2. The van der Waals surface area contributed by atoms with Crippen LogP contribution in [0, 0.1) is 3.57 Å². The molecule has 1 aliphatic rings. The van der Waals surface area contributed by atoms with E-state index in [4.69, 9.17) is 11.6 Å². The predicted molar refractivity (Wildman–Crippen MR) is 87.7 cm³/mol. The molecule has 0 aromatic heterocycles. The Labute approximate surface area is 128 Å². The highest BCUT2D eigenvalue weighted by Crippen LogP contribution is 2.30. The van der Waals surface area contributed by atoms with Gasteiger partial charge in [0.25, 0.3) is 0 Å². The molecule has 0 saturated carbocycles. The van der Waals surface area contributed by atoms with Gasteiger partial charge in [-0.3, -0.25) is 0 Å². The molecule has 4 heteroatoms. The molecule has 1 saturated heterocycles. The van der Waals surface area contributed by atoms with Crippen LogP contribution < -0.4 is 10.2 Å². The molecule has 0 bridgehead atoms. The minimum atomic E-state index is 0.182. The van der Waals surface area contributed by atoms with Crippen LogP contribution in [-0.2, 0) is 0 Å². The maximum absolute atomic E-state index is 6.35. The lowest BCUT2D eigenvalue weighted by Crippen LogP contribution is -2.48. The Kier molecular flexibility index (Phi) is 4.78. The molecule has 0 radical (unpaired) electrons. The van der Waals surface area contributed by atoms with Gasteiger partial charge in [0.1, 0.15) is 0 Å². The van der Waals surface area contributed by atoms with Crippen molar-refractivity contribution in [1.82, 2.24) is 5.32 Å². The first-order valence-corrected chi connectivity index (χ1v) is 7.95. The number of nitrogens with zero attached hydrogens (tertiary/aromatic N) is 1. The summed E-state index contributed by atoms with van der Waals surface area (Å²) in [6.07, 6.45) is 2.29. The molecule has 100 valence electrons. The van der Waals surface area contributed by atoms with Gasteiger partial charge < -0.3 is 10.2 Å². The van der Waals surface area contributed by atoms with Crippen molar-refractivity contribution in [2.75, 3.05) is 24.5 Å². The Bertz CT molecular complexity index is 424. The first-order valence-electron chi connectivity index (χ1n) is 6.49. The van der Waals surface area contributed by atoms with Crippen molar-refractivity contribution in [3.8, 4) is 0 Å². The SMILES string of the molecule is CCC1(C)CN(c2cc(I)ccc2Cl)CCCN1. The third-order valence-electron chi connectivity index (χ3n) is 3.73. The van der Waals surface area contributed by atoms with E-state index in [1.807, 2.05) is 6.07 Å². The van der Waals surface area contributed by atoms with Crippen molar-refractivity contribution < 1.29 is 0 Å². The molecule has 1 unspecified atom stereocenters. The number of nitrogens with one attached hydrogen (secondary N) is 1. The summed E-state index contributed by atoms with van der Waals surface area (Å²) >= 11 is 8.70. The lowest BCUT2D eigenvalue weighted by atomic mass is 9.98. The van der Waals surface area contributed by atoms with Gasteiger partial charge in [0, 0.05) is 22.2 Å². The molecule has 1 aromatic rings. The maximum Gasteiger partial charge on any atom is 0.0640 e. The monoisotopic (exact) mass is 378 g/mol. The van der Waals surface area contributed by atoms with Crippen LogP contribution in [0.5, 0.6) is 0 Å². The fraction of sp³-hybridized carbons (Fsp3) is 0.571. The van der Waals surface area contributed by atoms with Gasteiger partial charge in [0.15, 0.2) is 0 Å². The summed E-state index contributed by atoms with van der Waals surface area (Å²) in [5, 5.41) is 4.51. The minimum Gasteiger partial charge on any atom is -0.368 e. The Morgan fingerprint density at radius 2 is 2.28 bits per heavy atom. The van der Waals surface area contributed by atoms with E-state index in [1.54, 1.807) is 0 Å². The van der Waals surface area contributed by atoms with Gasteiger partial charge >= 0.3 is 0 Å². The fourth-order valence-electron chi connectivity index (χ4n) is 2.39. The van der Waals surface area contributed by atoms with Gasteiger partial charge in [-0.1, -0.05) is 18.5 Å². The van der Waals surface area contributed by atoms with E-state index >= 15 is 0 Å². The van der Waals surface area contributed by atoms with Crippen LogP contribution in [0.4, 0.5) is 5.69 Å². The summed E-state index contributed by atoms with van der Waals surface area (Å²) in [4.78, 5) is 2.42. The smallest absolute Gasteiger partial charge is 0.0640 e. The zero-order chi connectivity index (χ0) is 13.2. The summed E-state index contributed by atoms with van der Waals surface area (Å²) in [6, 6.07) is 6.24. The summed E-state index contributed by atoms with van der Waals surface area (Å²) in [5.41, 5.74) is 1.35. The molecule has 2 rings (SSSR count). The third-order valence-corrected chi connectivity index (χ3v) is 4.72. The van der Waals surface area contributed by atoms with Crippen LogP contribution in [-0.4, -0.2) is 25.2 Å². The Morgan fingerprint density at radius 1 is 1.50 bits per heavy atom. The summed E-state index contributed by atoms with van der Waals surface area (Å²) in [6.45, 7) is 7.72. The molecule has 18 heavy (non-hydrogen) atoms. The Balaban J connectivity index is 2.28. The highest BCUT2D eigenvalue weighted by atomic mass is 127. The second-order valence-electron chi connectivity index (χ2n) is 5.21. The van der Waals surface area contributed by atoms with Crippen LogP contribution in [0.2, 0.25) is 5.02 Å². The number of rotatable bonds is 2. The predicted octanol–water partition coefficient (Wildman–Crippen LogP) is 3.91. The number of anilines is 1. The van der Waals surface area contributed by atoms with Crippen LogP contribution in [0.15, 0.2) is 18.2 Å². The van der Waals surface area contributed by atoms with E-state index in [1.165, 1.54) is 9.26 Å². The lowest BCUT2D eigenvalue weighted by molar-refractivity contribution is 0.366. The van der Waals surface area contributed by atoms with Crippen molar-refractivity contribution >= 4 is 39.9 Å². The van der Waals surface area contributed by atoms with Crippen LogP contribution >= 0.6 is 34.2 Å². The maximum atomic E-state index is 6.35. The van der Waals surface area contributed by atoms with Gasteiger partial charge in [-0.2, -0.15) is 0 Å². The third kappa shape index (κ3) is 3.31. The van der Waals surface area contributed by atoms with E-state index in [-0.39, 0.29) is 5.54 Å². The zero-order valence-corrected chi connectivity index (χ0v) is 13.9. The second-order valence-corrected chi connectivity index (χ2v) is 6.86. The summed E-state index contributed by atoms with van der Waals surface area (Å²) < 4.78 is 1.24. The van der Waals surface area contributed by atoms with E-state index in [2.05, 4.69) is 58.8 Å². The van der Waals surface area contributed by atoms with Crippen molar-refractivity contribution in [2.24, 2.45) is 0 Å². The molecule has 1 N–H and O–H groups in total. The van der Waals surface area contributed by atoms with E-state index < -0.39 is 0 Å². The van der Waals surface area contributed by atoms with Crippen LogP contribution in [0.3, 0.4) is 0 Å². The first kappa shape index (κ1) is 14.4. The normalized spacial score (nSPS) is 25.0. The molecule has 1 atom stereocenters. The lowest BCUT2D eigenvalue weighted by Gasteiger charge is -2.34. The van der Waals surface area contributed by atoms with Gasteiger partial charge in [-0.05, 0) is 67.1 Å². The van der Waals surface area contributed by atoms with E-state index in [9.17, 15) is 0 Å². The molecule has 0 spiro atoms. The molecule has 1 heterocycles. The molecule has 0 aliphatic carbocycles. The molecular weight excluding hydrogens is 359 g/mol. The van der Waals surface area contributed by atoms with Crippen molar-refractivity contribution in [1.29, 1.82) is 0 Å². The fourth-order valence-corrected chi connectivity index (χ4v) is 3.10. The molecular formula is C14H20ClIN2. The topological polar surface area (TPSA) is 15.3 Å². The quantitative estimate of drug-likeness (QED) is 0.785. The molecule has 1 fully saturated rings. The van der Waals surface area contributed by atoms with Crippen molar-refractivity contribution in [3.05, 3.63) is 26.8 Å². The first-order chi connectivity index (χ1) is 8.54. The minimum absolute atomic E-state index is 0.182. The summed E-state index contributed by atoms with van der Waals surface area (Å²) in [7, 11) is 0. The Morgan fingerprint density at radius 3 is 3.00 bits per heavy atom. The highest BCUT2D eigenvalue weighted by molar-refractivity contribution is 14.1. The van der Waals surface area contributed by atoms with Crippen LogP contribution in [0.25, 0.3) is 0 Å². The van der Waals surface area contributed by atoms with Gasteiger partial charge in [0.05, 0.1) is 10.7 Å². The van der Waals surface area contributed by atoms with Crippen molar-refractivity contribution in [2.45, 2.75) is 32.2 Å². The van der Waals surface area contributed by atoms with Gasteiger partial charge in [0.2, 0.25) is 0 Å². The Hall–Kier alpha value is -0.000000000000000132. The van der Waals surface area contributed by atoms with Gasteiger partial charge in [-0.25, -0.2) is 0 Å². The van der Waals surface area contributed by atoms with E-state index in [0.717, 1.165) is 37.5 Å².